The number of phenols is 2. The molecule has 0 saturated heterocycles. The molecule has 3 N–H and O–H groups in total. The molecule has 0 aliphatic heterocycles. The summed E-state index contributed by atoms with van der Waals surface area (Å²) in [4.78, 5) is 12.1. The Labute approximate surface area is 151 Å². The fourth-order valence-corrected chi connectivity index (χ4v) is 2.52. The number of carbonyl (C=O) groups is 1. The number of amides is 1. The molecule has 26 heavy (non-hydrogen) atoms. The fraction of sp³-hybridized carbons (Fsp3) is 0.0476. The van der Waals surface area contributed by atoms with Crippen LogP contribution in [0.4, 0.5) is 0 Å². The van der Waals surface area contributed by atoms with Crippen molar-refractivity contribution in [2.75, 3.05) is 0 Å². The lowest BCUT2D eigenvalue weighted by atomic mass is 10.0. The van der Waals surface area contributed by atoms with E-state index in [4.69, 9.17) is 0 Å². The van der Waals surface area contributed by atoms with Gasteiger partial charge < -0.3 is 10.2 Å². The van der Waals surface area contributed by atoms with E-state index in [0.29, 0.717) is 5.71 Å². The van der Waals surface area contributed by atoms with Gasteiger partial charge in [0.05, 0.1) is 5.71 Å². The van der Waals surface area contributed by atoms with E-state index in [2.05, 4.69) is 10.5 Å². The molecule has 3 aromatic rings. The molecule has 0 aliphatic carbocycles. The summed E-state index contributed by atoms with van der Waals surface area (Å²) in [6.45, 7) is 1.79. The lowest BCUT2D eigenvalue weighted by Gasteiger charge is -2.06. The van der Waals surface area contributed by atoms with Crippen molar-refractivity contribution in [3.8, 4) is 22.6 Å². The van der Waals surface area contributed by atoms with Crippen molar-refractivity contribution in [2.24, 2.45) is 5.10 Å². The molecule has 3 rings (SSSR count). The van der Waals surface area contributed by atoms with E-state index in [1.165, 1.54) is 12.1 Å². The first kappa shape index (κ1) is 17.2. The Balaban J connectivity index is 1.72. The van der Waals surface area contributed by atoms with Crippen LogP contribution in [0.3, 0.4) is 0 Å². The minimum absolute atomic E-state index is 0.124. The maximum Gasteiger partial charge on any atom is 0.271 e. The molecule has 5 heteroatoms. The summed E-state index contributed by atoms with van der Waals surface area (Å²) in [5.74, 6) is -0.892. The highest BCUT2D eigenvalue weighted by atomic mass is 16.3. The number of aromatic hydroxyl groups is 2. The van der Waals surface area contributed by atoms with E-state index in [9.17, 15) is 15.0 Å². The molecule has 0 aliphatic rings. The normalized spacial score (nSPS) is 11.2. The van der Waals surface area contributed by atoms with Gasteiger partial charge in [-0.15, -0.1) is 0 Å². The molecule has 0 aromatic heterocycles. The van der Waals surface area contributed by atoms with Gasteiger partial charge in [-0.25, -0.2) is 5.43 Å². The molecule has 1 amide bonds. The minimum atomic E-state index is -0.517. The molecule has 0 fully saturated rings. The average molecular weight is 346 g/mol. The lowest BCUT2D eigenvalue weighted by molar-refractivity contribution is 0.0954. The van der Waals surface area contributed by atoms with Crippen LogP contribution in [0, 0.1) is 0 Å². The second-order valence-corrected chi connectivity index (χ2v) is 5.82. The van der Waals surface area contributed by atoms with Gasteiger partial charge in [-0.05, 0) is 35.7 Å². The van der Waals surface area contributed by atoms with Crippen LogP contribution in [0.5, 0.6) is 11.5 Å². The molecule has 3 aromatic carbocycles. The standard InChI is InChI=1S/C21H18N2O3/c1-14(22-23-21(26)18-11-19(24)13-20(25)12-18)15-7-9-17(10-8-15)16-5-3-2-4-6-16/h2-13,24-25H,1H3,(H,23,26)/b22-14-. The zero-order chi connectivity index (χ0) is 18.5. The third-order valence-electron chi connectivity index (χ3n) is 3.90. The molecule has 130 valence electrons. The number of hydrogen-bond acceptors (Lipinski definition) is 4. The van der Waals surface area contributed by atoms with Crippen molar-refractivity contribution in [1.29, 1.82) is 0 Å². The van der Waals surface area contributed by atoms with E-state index < -0.39 is 5.91 Å². The van der Waals surface area contributed by atoms with Crippen molar-refractivity contribution in [2.45, 2.75) is 6.92 Å². The summed E-state index contributed by atoms with van der Waals surface area (Å²) in [7, 11) is 0. The number of rotatable bonds is 4. The Hall–Kier alpha value is -3.60. The predicted octanol–water partition coefficient (Wildman–Crippen LogP) is 3.92. The Morgan fingerprint density at radius 3 is 2.00 bits per heavy atom. The lowest BCUT2D eigenvalue weighted by Crippen LogP contribution is -2.19. The SMILES string of the molecule is C/C(=N/NC(=O)c1cc(O)cc(O)c1)c1ccc(-c2ccccc2)cc1. The Morgan fingerprint density at radius 2 is 1.38 bits per heavy atom. The molecule has 0 heterocycles. The highest BCUT2D eigenvalue weighted by molar-refractivity contribution is 6.01. The molecule has 0 radical (unpaired) electrons. The van der Waals surface area contributed by atoms with Crippen LogP contribution in [0.15, 0.2) is 77.9 Å². The number of phenolic OH excluding ortho intramolecular Hbond substituents is 2. The van der Waals surface area contributed by atoms with Gasteiger partial charge in [0.25, 0.3) is 5.91 Å². The van der Waals surface area contributed by atoms with Gasteiger partial charge in [0.15, 0.2) is 0 Å². The number of benzene rings is 3. The van der Waals surface area contributed by atoms with Crippen molar-refractivity contribution in [3.05, 3.63) is 83.9 Å². The van der Waals surface area contributed by atoms with Crippen LogP contribution in [-0.4, -0.2) is 21.8 Å². The third kappa shape index (κ3) is 4.08. The van der Waals surface area contributed by atoms with Gasteiger partial charge in [0, 0.05) is 11.6 Å². The summed E-state index contributed by atoms with van der Waals surface area (Å²) in [6.07, 6.45) is 0. The van der Waals surface area contributed by atoms with E-state index in [1.54, 1.807) is 6.92 Å². The number of hydrazone groups is 1. The van der Waals surface area contributed by atoms with E-state index in [0.717, 1.165) is 22.8 Å². The largest absolute Gasteiger partial charge is 0.508 e. The topological polar surface area (TPSA) is 81.9 Å². The second kappa shape index (κ2) is 7.53. The van der Waals surface area contributed by atoms with Crippen LogP contribution >= 0.6 is 0 Å². The number of nitrogens with zero attached hydrogens (tertiary/aromatic N) is 1. The second-order valence-electron chi connectivity index (χ2n) is 5.82. The zero-order valence-electron chi connectivity index (χ0n) is 14.2. The molecule has 0 saturated carbocycles. The summed E-state index contributed by atoms with van der Waals surface area (Å²) in [6, 6.07) is 21.6. The van der Waals surface area contributed by atoms with E-state index in [1.807, 2.05) is 54.6 Å². The van der Waals surface area contributed by atoms with E-state index >= 15 is 0 Å². The Kier molecular flexibility index (Phi) is 4.99. The quantitative estimate of drug-likeness (QED) is 0.495. The first-order chi connectivity index (χ1) is 12.5. The Bertz CT molecular complexity index is 929. The maximum absolute atomic E-state index is 12.1. The smallest absolute Gasteiger partial charge is 0.271 e. The van der Waals surface area contributed by atoms with Crippen molar-refractivity contribution < 1.29 is 15.0 Å². The van der Waals surface area contributed by atoms with Crippen LogP contribution in [0.25, 0.3) is 11.1 Å². The fourth-order valence-electron chi connectivity index (χ4n) is 2.52. The molecule has 0 atom stereocenters. The monoisotopic (exact) mass is 346 g/mol. The highest BCUT2D eigenvalue weighted by Crippen LogP contribution is 2.21. The van der Waals surface area contributed by atoms with Gasteiger partial charge in [0.1, 0.15) is 11.5 Å². The molecule has 0 spiro atoms. The van der Waals surface area contributed by atoms with Crippen molar-refractivity contribution >= 4 is 11.6 Å². The van der Waals surface area contributed by atoms with Crippen LogP contribution in [0.2, 0.25) is 0 Å². The van der Waals surface area contributed by atoms with Crippen LogP contribution < -0.4 is 5.43 Å². The molecular weight excluding hydrogens is 328 g/mol. The van der Waals surface area contributed by atoms with Crippen LogP contribution in [0.1, 0.15) is 22.8 Å². The predicted molar refractivity (Wildman–Crippen MR) is 101 cm³/mol. The van der Waals surface area contributed by atoms with Crippen molar-refractivity contribution in [1.82, 2.24) is 5.43 Å². The van der Waals surface area contributed by atoms with Crippen molar-refractivity contribution in [3.63, 3.8) is 0 Å². The maximum atomic E-state index is 12.1. The molecular formula is C21H18N2O3. The van der Waals surface area contributed by atoms with Gasteiger partial charge in [-0.1, -0.05) is 54.6 Å². The van der Waals surface area contributed by atoms with Gasteiger partial charge in [0.2, 0.25) is 0 Å². The first-order valence-corrected chi connectivity index (χ1v) is 8.06. The van der Waals surface area contributed by atoms with Gasteiger partial charge >= 0.3 is 0 Å². The van der Waals surface area contributed by atoms with Gasteiger partial charge in [-0.2, -0.15) is 5.10 Å². The molecule has 0 bridgehead atoms. The van der Waals surface area contributed by atoms with Crippen LogP contribution in [-0.2, 0) is 0 Å². The Morgan fingerprint density at radius 1 is 0.808 bits per heavy atom. The average Bonchev–Trinajstić information content (AvgIpc) is 2.66. The number of nitrogens with one attached hydrogen (secondary N) is 1. The summed E-state index contributed by atoms with van der Waals surface area (Å²) in [5, 5.41) is 23.0. The number of carbonyl (C=O) groups excluding carboxylic acids is 1. The number of hydrogen-bond donors (Lipinski definition) is 3. The summed E-state index contributed by atoms with van der Waals surface area (Å²) < 4.78 is 0. The highest BCUT2D eigenvalue weighted by Gasteiger charge is 2.08. The van der Waals surface area contributed by atoms with Gasteiger partial charge in [-0.3, -0.25) is 4.79 Å². The third-order valence-corrected chi connectivity index (χ3v) is 3.90. The first-order valence-electron chi connectivity index (χ1n) is 8.06. The van der Waals surface area contributed by atoms with E-state index in [-0.39, 0.29) is 17.1 Å². The summed E-state index contributed by atoms with van der Waals surface area (Å²) >= 11 is 0. The molecule has 0 unspecified atom stereocenters. The minimum Gasteiger partial charge on any atom is -0.508 e. The summed E-state index contributed by atoms with van der Waals surface area (Å²) in [5.41, 5.74) is 6.30. The molecule has 5 nitrogen and oxygen atoms in total. The zero-order valence-corrected chi connectivity index (χ0v) is 14.2.